The predicted molar refractivity (Wildman–Crippen MR) is 143 cm³/mol. The van der Waals surface area contributed by atoms with Gasteiger partial charge in [0.05, 0.1) is 6.04 Å². The summed E-state index contributed by atoms with van der Waals surface area (Å²) in [5, 5.41) is 10.5. The van der Waals surface area contributed by atoms with Gasteiger partial charge in [0, 0.05) is 24.5 Å². The second-order valence-corrected chi connectivity index (χ2v) is 10.5. The molecule has 1 aromatic carbocycles. The van der Waals surface area contributed by atoms with Crippen LogP contribution in [0.4, 0.5) is 0 Å². The second-order valence-electron chi connectivity index (χ2n) is 10.5. The van der Waals surface area contributed by atoms with E-state index in [2.05, 4.69) is 26.3 Å². The zero-order chi connectivity index (χ0) is 28.5. The van der Waals surface area contributed by atoms with Crippen LogP contribution in [0.1, 0.15) is 57.5 Å². The number of carbonyl (C=O) groups excluding carboxylic acids is 5. The van der Waals surface area contributed by atoms with Gasteiger partial charge in [-0.3, -0.25) is 29.0 Å². The smallest absolute Gasteiger partial charge is 0.289 e. The molecule has 10 heteroatoms. The maximum Gasteiger partial charge on any atom is 0.289 e. The zero-order valence-electron chi connectivity index (χ0n) is 22.7. The van der Waals surface area contributed by atoms with Crippen molar-refractivity contribution < 1.29 is 24.0 Å². The monoisotopic (exact) mass is 523 g/mol. The minimum absolute atomic E-state index is 0.177. The van der Waals surface area contributed by atoms with E-state index in [1.165, 1.54) is 31.5 Å². The Kier molecular flexibility index (Phi) is 10.7. The Hall–Kier alpha value is -4.08. The Balaban J connectivity index is 2.02. The highest BCUT2D eigenvalue weighted by Gasteiger charge is 2.35. The fraction of sp³-hybridized carbons (Fsp3) is 0.429. The van der Waals surface area contributed by atoms with Crippen molar-refractivity contribution in [1.82, 2.24) is 26.3 Å². The van der Waals surface area contributed by atoms with Gasteiger partial charge in [-0.1, -0.05) is 65.0 Å². The summed E-state index contributed by atoms with van der Waals surface area (Å²) in [5.41, 5.74) is 0.507. The first-order chi connectivity index (χ1) is 17.8. The van der Waals surface area contributed by atoms with Gasteiger partial charge in [-0.2, -0.15) is 0 Å². The lowest BCUT2D eigenvalue weighted by molar-refractivity contribution is -0.141. The molecule has 0 aliphatic heterocycles. The Morgan fingerprint density at radius 3 is 1.97 bits per heavy atom. The molecule has 0 saturated carbocycles. The van der Waals surface area contributed by atoms with E-state index in [0.717, 1.165) is 5.56 Å². The number of hydrogen-bond donors (Lipinski definition) is 4. The molecule has 38 heavy (non-hydrogen) atoms. The van der Waals surface area contributed by atoms with Gasteiger partial charge in [-0.05, 0) is 36.0 Å². The predicted octanol–water partition coefficient (Wildman–Crippen LogP) is 1.76. The largest absolute Gasteiger partial charge is 0.345 e. The van der Waals surface area contributed by atoms with E-state index in [1.807, 2.05) is 30.3 Å². The molecule has 0 aliphatic rings. The number of nitrogens with zero attached hydrogens (tertiary/aromatic N) is 1. The number of carbonyl (C=O) groups is 5. The van der Waals surface area contributed by atoms with Gasteiger partial charge in [0.15, 0.2) is 0 Å². The van der Waals surface area contributed by atoms with Crippen molar-refractivity contribution in [3.8, 4) is 0 Å². The third-order valence-electron chi connectivity index (χ3n) is 5.86. The van der Waals surface area contributed by atoms with Gasteiger partial charge in [0.1, 0.15) is 12.1 Å². The summed E-state index contributed by atoms with van der Waals surface area (Å²) in [4.78, 5) is 67.9. The van der Waals surface area contributed by atoms with E-state index in [-0.39, 0.29) is 12.5 Å². The fourth-order valence-corrected chi connectivity index (χ4v) is 3.58. The van der Waals surface area contributed by atoms with Crippen LogP contribution in [0.25, 0.3) is 0 Å². The minimum atomic E-state index is -1.08. The van der Waals surface area contributed by atoms with E-state index >= 15 is 0 Å². The van der Waals surface area contributed by atoms with Crippen molar-refractivity contribution in [3.05, 3.63) is 66.0 Å². The summed E-state index contributed by atoms with van der Waals surface area (Å²) in [5.74, 6) is -3.61. The second kappa shape index (κ2) is 13.5. The first kappa shape index (κ1) is 30.1. The molecule has 4 amide bonds. The zero-order valence-corrected chi connectivity index (χ0v) is 22.7. The molecule has 10 nitrogen and oxygen atoms in total. The number of pyridine rings is 1. The van der Waals surface area contributed by atoms with E-state index < -0.39 is 53.0 Å². The van der Waals surface area contributed by atoms with Gasteiger partial charge >= 0.3 is 0 Å². The number of hydrogen-bond acceptors (Lipinski definition) is 6. The quantitative estimate of drug-likeness (QED) is 0.330. The molecule has 2 aromatic rings. The van der Waals surface area contributed by atoms with Crippen molar-refractivity contribution in [2.75, 3.05) is 0 Å². The van der Waals surface area contributed by atoms with Crippen molar-refractivity contribution >= 4 is 29.4 Å². The molecule has 4 N–H and O–H groups in total. The van der Waals surface area contributed by atoms with Crippen LogP contribution in [0.15, 0.2) is 54.9 Å². The van der Waals surface area contributed by atoms with E-state index in [4.69, 9.17) is 0 Å². The number of amides is 4. The van der Waals surface area contributed by atoms with Crippen LogP contribution in [0.2, 0.25) is 0 Å². The van der Waals surface area contributed by atoms with Crippen LogP contribution in [0.5, 0.6) is 0 Å². The first-order valence-electron chi connectivity index (χ1n) is 12.5. The van der Waals surface area contributed by atoms with Crippen LogP contribution in [-0.2, 0) is 25.7 Å². The van der Waals surface area contributed by atoms with Crippen LogP contribution in [0, 0.1) is 11.3 Å². The Bertz CT molecular complexity index is 1130. The third-order valence-corrected chi connectivity index (χ3v) is 5.86. The number of benzene rings is 1. The summed E-state index contributed by atoms with van der Waals surface area (Å²) in [7, 11) is 0. The molecule has 0 saturated heterocycles. The molecule has 3 unspecified atom stereocenters. The topological polar surface area (TPSA) is 146 Å². The highest BCUT2D eigenvalue weighted by atomic mass is 16.2. The first-order valence-corrected chi connectivity index (χ1v) is 12.5. The van der Waals surface area contributed by atoms with Crippen LogP contribution < -0.4 is 21.3 Å². The summed E-state index contributed by atoms with van der Waals surface area (Å²) in [6, 6.07) is 9.13. The Morgan fingerprint density at radius 1 is 0.816 bits per heavy atom. The molecule has 204 valence electrons. The number of nitrogens with one attached hydrogen (secondary N) is 4. The lowest BCUT2D eigenvalue weighted by atomic mass is 9.85. The van der Waals surface area contributed by atoms with Crippen molar-refractivity contribution in [1.29, 1.82) is 0 Å². The average Bonchev–Trinajstić information content (AvgIpc) is 2.88. The molecule has 0 spiro atoms. The van der Waals surface area contributed by atoms with Gasteiger partial charge in [0.25, 0.3) is 11.8 Å². The van der Waals surface area contributed by atoms with Gasteiger partial charge in [-0.15, -0.1) is 0 Å². The molecule has 0 radical (unpaired) electrons. The van der Waals surface area contributed by atoms with Crippen molar-refractivity contribution in [2.24, 2.45) is 11.3 Å². The molecule has 3 atom stereocenters. The molecule has 2 rings (SSSR count). The number of aromatic nitrogens is 1. The summed E-state index contributed by atoms with van der Waals surface area (Å²) in [6.45, 7) is 10.4. The van der Waals surface area contributed by atoms with Crippen molar-refractivity contribution in [2.45, 2.75) is 66.2 Å². The fourth-order valence-electron chi connectivity index (χ4n) is 3.58. The number of Topliss-reactive ketones (excluding diaryl/α,β-unsaturated/α-hetero) is 1. The highest BCUT2D eigenvalue weighted by Crippen LogP contribution is 2.20. The molecule has 1 heterocycles. The van der Waals surface area contributed by atoms with Gasteiger partial charge < -0.3 is 21.3 Å². The summed E-state index contributed by atoms with van der Waals surface area (Å²) >= 11 is 0. The standard InChI is InChI=1S/C28H37N5O5/c1-17(2)21(22(34)26(37)30-16-19-10-8-7-9-11-19)32-24(35)18(3)31-27(38)23(28(4,5)6)33-25(36)20-12-14-29-15-13-20/h7-15,17-18,21,23H,16H2,1-6H3,(H,30,37)(H,31,38)(H,32,35)(H,33,36). The maximum absolute atomic E-state index is 13.1. The number of ketones is 1. The lowest BCUT2D eigenvalue weighted by Crippen LogP contribution is -2.59. The van der Waals surface area contributed by atoms with Gasteiger partial charge in [-0.25, -0.2) is 0 Å². The lowest BCUT2D eigenvalue weighted by Gasteiger charge is -2.31. The summed E-state index contributed by atoms with van der Waals surface area (Å²) < 4.78 is 0. The van der Waals surface area contributed by atoms with E-state index in [9.17, 15) is 24.0 Å². The average molecular weight is 524 g/mol. The SMILES string of the molecule is CC(NC(=O)C(NC(=O)c1ccncc1)C(C)(C)C)C(=O)NC(C(=O)C(=O)NCc1ccccc1)C(C)C. The van der Waals surface area contributed by atoms with Crippen molar-refractivity contribution in [3.63, 3.8) is 0 Å². The molecule has 0 bridgehead atoms. The molecule has 1 aromatic heterocycles. The van der Waals surface area contributed by atoms with Crippen LogP contribution in [-0.4, -0.2) is 52.5 Å². The Morgan fingerprint density at radius 2 is 1.42 bits per heavy atom. The number of rotatable bonds is 11. The maximum atomic E-state index is 13.1. The molecular weight excluding hydrogens is 486 g/mol. The molecule has 0 aliphatic carbocycles. The Labute approximate surface area is 223 Å². The van der Waals surface area contributed by atoms with E-state index in [0.29, 0.717) is 5.56 Å². The van der Waals surface area contributed by atoms with Crippen LogP contribution >= 0.6 is 0 Å². The minimum Gasteiger partial charge on any atom is -0.345 e. The third kappa shape index (κ3) is 8.79. The highest BCUT2D eigenvalue weighted by molar-refractivity contribution is 6.38. The van der Waals surface area contributed by atoms with Crippen LogP contribution in [0.3, 0.4) is 0 Å². The van der Waals surface area contributed by atoms with Gasteiger partial charge in [0.2, 0.25) is 17.6 Å². The molecular formula is C28H37N5O5. The molecule has 0 fully saturated rings. The normalized spacial score (nSPS) is 13.6. The van der Waals surface area contributed by atoms with E-state index in [1.54, 1.807) is 34.6 Å². The summed E-state index contributed by atoms with van der Waals surface area (Å²) in [6.07, 6.45) is 2.95.